The molecule has 0 N–H and O–H groups in total. The van der Waals surface area contributed by atoms with Gasteiger partial charge in [0.15, 0.2) is 0 Å². The van der Waals surface area contributed by atoms with Gasteiger partial charge in [-0.05, 0) is 44.9 Å². The van der Waals surface area contributed by atoms with Crippen LogP contribution in [-0.4, -0.2) is 42.5 Å². The third-order valence-electron chi connectivity index (χ3n) is 3.18. The number of likely N-dealkylation sites (tertiary alicyclic amines) is 2. The van der Waals surface area contributed by atoms with Crippen molar-refractivity contribution >= 4 is 0 Å². The van der Waals surface area contributed by atoms with E-state index < -0.39 is 0 Å². The predicted octanol–water partition coefficient (Wildman–Crippen LogP) is 2.28. The summed E-state index contributed by atoms with van der Waals surface area (Å²) in [5, 5.41) is 0. The second-order valence-corrected chi connectivity index (χ2v) is 3.98. The zero-order valence-corrected chi connectivity index (χ0v) is 12.3. The average Bonchev–Trinajstić information content (AvgIpc) is 2.52. The molecule has 90 valence electrons. The van der Waals surface area contributed by atoms with E-state index in [-0.39, 0.29) is 28.5 Å². The molecule has 2 atom stereocenters. The molecule has 0 unspecified atom stereocenters. The normalized spacial score (nSPS) is 30.4. The molecule has 2 aliphatic rings. The number of likely N-dealkylation sites (N-methyl/N-ethyl adjacent to an activating group) is 1. The minimum atomic E-state index is 0. The zero-order chi connectivity index (χ0) is 9.84. The number of rotatable bonds is 0. The molecule has 0 saturated carbocycles. The Morgan fingerprint density at radius 3 is 2.27 bits per heavy atom. The van der Waals surface area contributed by atoms with Crippen LogP contribution in [0.3, 0.4) is 0 Å². The van der Waals surface area contributed by atoms with Gasteiger partial charge in [-0.25, -0.2) is 0 Å². The quantitative estimate of drug-likeness (QED) is 0.594. The first-order valence-corrected chi connectivity index (χ1v) is 5.24. The molecule has 2 heterocycles. The third kappa shape index (κ3) is 4.54. The molecule has 2 nitrogen and oxygen atoms in total. The second-order valence-electron chi connectivity index (χ2n) is 3.98. The van der Waals surface area contributed by atoms with E-state index in [2.05, 4.69) is 30.8 Å². The van der Waals surface area contributed by atoms with E-state index in [1.54, 1.807) is 6.92 Å². The third-order valence-corrected chi connectivity index (χ3v) is 3.18. The Balaban J connectivity index is 0. The van der Waals surface area contributed by atoms with Gasteiger partial charge in [0.2, 0.25) is 0 Å². The van der Waals surface area contributed by atoms with Crippen molar-refractivity contribution in [3.63, 3.8) is 0 Å². The molecule has 0 bridgehead atoms. The zero-order valence-electron chi connectivity index (χ0n) is 9.41. The van der Waals surface area contributed by atoms with E-state index in [1.807, 2.05) is 0 Å². The van der Waals surface area contributed by atoms with Crippen LogP contribution in [0.1, 0.15) is 27.2 Å². The van der Waals surface area contributed by atoms with Crippen molar-refractivity contribution in [3.05, 3.63) is 14.0 Å². The van der Waals surface area contributed by atoms with Gasteiger partial charge in [-0.15, -0.1) is 0 Å². The first kappa shape index (κ1) is 18.0. The number of piperidine rings is 1. The van der Waals surface area contributed by atoms with Crippen LogP contribution < -0.4 is 0 Å². The largest absolute Gasteiger partial charge is 2.00 e. The molecule has 0 amide bonds. The van der Waals surface area contributed by atoms with Crippen LogP contribution in [0.4, 0.5) is 0 Å². The van der Waals surface area contributed by atoms with Gasteiger partial charge in [0.25, 0.3) is 0 Å². The minimum Gasteiger partial charge on any atom is -0.455 e. The molecule has 0 aliphatic carbocycles. The van der Waals surface area contributed by atoms with E-state index in [1.165, 1.54) is 32.5 Å². The molecular weight excluding hydrogens is 356 g/mol. The summed E-state index contributed by atoms with van der Waals surface area (Å²) < 4.78 is 0. The van der Waals surface area contributed by atoms with Crippen LogP contribution in [0.5, 0.6) is 0 Å². The molecule has 0 spiro atoms. The first-order valence-electron chi connectivity index (χ1n) is 5.24. The molecule has 2 aliphatic heterocycles. The standard InChI is InChI=1S/C9H17N2.C2H5.CH4.W/c1-10-5-3-8-4-6-11(2)9(8)7-10;1-2;;/h8-9H,2-7H2,1H3;1H2,2H3;1H4;/q2*-1;;+2/t8-,9-;;;/m1.../s1. The van der Waals surface area contributed by atoms with Crippen molar-refractivity contribution in [3.8, 4) is 0 Å². The summed E-state index contributed by atoms with van der Waals surface area (Å²) in [7, 11) is 6.27. The molecule has 15 heavy (non-hydrogen) atoms. The van der Waals surface area contributed by atoms with Gasteiger partial charge < -0.3 is 16.7 Å². The Morgan fingerprint density at radius 2 is 1.67 bits per heavy atom. The van der Waals surface area contributed by atoms with E-state index in [9.17, 15) is 0 Å². The average molecular weight is 382 g/mol. The molecular formula is C12H26N2W. The SMILES string of the molecule is C.[CH2-]C.[CH2-]N1CC[C@H]2CCN(C)C[C@H]21.[W+2]. The van der Waals surface area contributed by atoms with E-state index >= 15 is 0 Å². The summed E-state index contributed by atoms with van der Waals surface area (Å²) in [6, 6.07) is 0.758. The maximum Gasteiger partial charge on any atom is 2.00 e. The molecule has 0 aromatic rings. The molecule has 0 aromatic carbocycles. The van der Waals surface area contributed by atoms with Gasteiger partial charge >= 0.3 is 21.1 Å². The van der Waals surface area contributed by atoms with Gasteiger partial charge in [0.05, 0.1) is 0 Å². The predicted molar refractivity (Wildman–Crippen MR) is 63.8 cm³/mol. The molecule has 2 fully saturated rings. The van der Waals surface area contributed by atoms with Crippen molar-refractivity contribution in [2.75, 3.05) is 26.7 Å². The van der Waals surface area contributed by atoms with Crippen molar-refractivity contribution in [2.24, 2.45) is 5.92 Å². The Labute approximate surface area is 111 Å². The van der Waals surface area contributed by atoms with Crippen molar-refractivity contribution < 1.29 is 21.1 Å². The molecule has 3 heteroatoms. The Bertz CT molecular complexity index is 153. The topological polar surface area (TPSA) is 6.48 Å². The number of hydrogen-bond donors (Lipinski definition) is 0. The monoisotopic (exact) mass is 382 g/mol. The van der Waals surface area contributed by atoms with Crippen LogP contribution in [0.2, 0.25) is 0 Å². The summed E-state index contributed by atoms with van der Waals surface area (Å²) in [6.45, 7) is 8.73. The van der Waals surface area contributed by atoms with Gasteiger partial charge in [0.1, 0.15) is 0 Å². The number of fused-ring (bicyclic) bond motifs is 1. The van der Waals surface area contributed by atoms with Crippen molar-refractivity contribution in [1.29, 1.82) is 0 Å². The summed E-state index contributed by atoms with van der Waals surface area (Å²) in [4.78, 5) is 4.70. The minimum absolute atomic E-state index is 0. The Hall–Kier alpha value is 0.608. The van der Waals surface area contributed by atoms with Gasteiger partial charge in [-0.1, -0.05) is 7.43 Å². The maximum atomic E-state index is 4.06. The summed E-state index contributed by atoms with van der Waals surface area (Å²) in [5.74, 6) is 0.948. The van der Waals surface area contributed by atoms with E-state index in [0.29, 0.717) is 0 Å². The van der Waals surface area contributed by atoms with Crippen LogP contribution in [0, 0.1) is 19.9 Å². The summed E-state index contributed by atoms with van der Waals surface area (Å²) in [5.41, 5.74) is 0. The van der Waals surface area contributed by atoms with Crippen molar-refractivity contribution in [2.45, 2.75) is 33.2 Å². The Kier molecular flexibility index (Phi) is 10.5. The maximum absolute atomic E-state index is 4.06. The number of hydrogen-bond acceptors (Lipinski definition) is 2. The smallest absolute Gasteiger partial charge is 0.455 e. The first-order chi connectivity index (χ1) is 6.27. The Morgan fingerprint density at radius 1 is 1.13 bits per heavy atom. The van der Waals surface area contributed by atoms with Crippen molar-refractivity contribution in [1.82, 2.24) is 9.80 Å². The van der Waals surface area contributed by atoms with Gasteiger partial charge in [-0.3, -0.25) is 7.05 Å². The van der Waals surface area contributed by atoms with E-state index in [4.69, 9.17) is 0 Å². The fraction of sp³-hybridized carbons (Fsp3) is 0.833. The number of nitrogens with zero attached hydrogens (tertiary/aromatic N) is 2. The van der Waals surface area contributed by atoms with Gasteiger partial charge in [-0.2, -0.15) is 6.92 Å². The van der Waals surface area contributed by atoms with Crippen LogP contribution >= 0.6 is 0 Å². The fourth-order valence-corrected chi connectivity index (χ4v) is 2.39. The van der Waals surface area contributed by atoms with Crippen LogP contribution in [-0.2, 0) is 21.1 Å². The van der Waals surface area contributed by atoms with Crippen LogP contribution in [0.15, 0.2) is 0 Å². The van der Waals surface area contributed by atoms with E-state index in [0.717, 1.165) is 12.0 Å². The molecule has 2 rings (SSSR count). The molecule has 2 saturated heterocycles. The fourth-order valence-electron chi connectivity index (χ4n) is 2.39. The second kappa shape index (κ2) is 8.73. The molecule has 0 aromatic heterocycles. The van der Waals surface area contributed by atoms with Gasteiger partial charge in [0, 0.05) is 6.54 Å². The van der Waals surface area contributed by atoms with Crippen LogP contribution in [0.25, 0.3) is 0 Å². The summed E-state index contributed by atoms with van der Waals surface area (Å²) in [6.07, 6.45) is 2.76. The summed E-state index contributed by atoms with van der Waals surface area (Å²) >= 11 is 0. The molecule has 0 radical (unpaired) electrons.